The van der Waals surface area contributed by atoms with Gasteiger partial charge in [-0.05, 0) is 40.1 Å². The van der Waals surface area contributed by atoms with E-state index in [1.54, 1.807) is 12.1 Å². The normalized spacial score (nSPS) is 10.6. The van der Waals surface area contributed by atoms with Crippen molar-refractivity contribution in [3.63, 3.8) is 0 Å². The molecule has 0 aliphatic rings. The molecule has 0 unspecified atom stereocenters. The number of hydrogen-bond donors (Lipinski definition) is 1. The Balaban J connectivity index is 1.38. The monoisotopic (exact) mass is 384 g/mol. The third-order valence-electron chi connectivity index (χ3n) is 4.68. The van der Waals surface area contributed by atoms with E-state index in [-0.39, 0.29) is 12.2 Å². The number of ether oxygens (including phenoxy) is 2. The minimum absolute atomic E-state index is 0.176. The maximum Gasteiger partial charge on any atom is 0.340 e. The topological polar surface area (TPSA) is 55.8 Å². The molecule has 0 fully saturated rings. The van der Waals surface area contributed by atoms with E-state index in [0.717, 1.165) is 22.3 Å². The first-order valence-electron chi connectivity index (χ1n) is 9.38. The molecule has 0 saturated carbocycles. The summed E-state index contributed by atoms with van der Waals surface area (Å²) in [5.41, 5.74) is 2.45. The predicted octanol–water partition coefficient (Wildman–Crippen LogP) is 5.66. The Hall–Kier alpha value is -3.79. The van der Waals surface area contributed by atoms with Gasteiger partial charge >= 0.3 is 5.97 Å². The van der Waals surface area contributed by atoms with Crippen molar-refractivity contribution in [3.8, 4) is 22.6 Å². The maximum absolute atomic E-state index is 11.7. The second kappa shape index (κ2) is 8.48. The molecule has 0 atom stereocenters. The van der Waals surface area contributed by atoms with Crippen LogP contribution in [0.3, 0.4) is 0 Å². The Morgan fingerprint density at radius 3 is 2.10 bits per heavy atom. The van der Waals surface area contributed by atoms with Gasteiger partial charge in [0.2, 0.25) is 0 Å². The Labute approximate surface area is 169 Å². The minimum atomic E-state index is -1.01. The van der Waals surface area contributed by atoms with Crippen LogP contribution < -0.4 is 9.47 Å². The van der Waals surface area contributed by atoms with E-state index in [1.165, 1.54) is 0 Å². The van der Waals surface area contributed by atoms with Crippen LogP contribution in [0.5, 0.6) is 11.5 Å². The Bertz CT molecular complexity index is 1120. The summed E-state index contributed by atoms with van der Waals surface area (Å²) in [5, 5.41) is 11.1. The van der Waals surface area contributed by atoms with Crippen LogP contribution in [0.1, 0.15) is 10.4 Å². The fourth-order valence-corrected chi connectivity index (χ4v) is 3.28. The summed E-state index contributed by atoms with van der Waals surface area (Å²) in [7, 11) is 0. The molecule has 4 aromatic rings. The molecule has 29 heavy (non-hydrogen) atoms. The Morgan fingerprint density at radius 2 is 1.34 bits per heavy atom. The molecule has 0 aliphatic heterocycles. The summed E-state index contributed by atoms with van der Waals surface area (Å²) in [5.74, 6) is 0.0821. The van der Waals surface area contributed by atoms with Crippen LogP contribution in [-0.2, 0) is 0 Å². The zero-order valence-corrected chi connectivity index (χ0v) is 15.7. The Kier molecular flexibility index (Phi) is 5.43. The van der Waals surface area contributed by atoms with Crippen LogP contribution in [0, 0.1) is 0 Å². The van der Waals surface area contributed by atoms with Gasteiger partial charge in [0.15, 0.2) is 0 Å². The number of rotatable bonds is 7. The summed E-state index contributed by atoms with van der Waals surface area (Å²) < 4.78 is 11.4. The minimum Gasteiger partial charge on any atom is -0.490 e. The SMILES string of the molecule is O=C(O)c1c(OCCOc2ccc(-c3ccccc3)cc2)ccc2ccccc12. The van der Waals surface area contributed by atoms with Crippen molar-refractivity contribution in [1.29, 1.82) is 0 Å². The summed E-state index contributed by atoms with van der Waals surface area (Å²) in [6.07, 6.45) is 0. The average Bonchev–Trinajstić information content (AvgIpc) is 2.77. The van der Waals surface area contributed by atoms with Crippen molar-refractivity contribution in [2.24, 2.45) is 0 Å². The van der Waals surface area contributed by atoms with E-state index >= 15 is 0 Å². The van der Waals surface area contributed by atoms with E-state index < -0.39 is 5.97 Å². The van der Waals surface area contributed by atoms with Crippen LogP contribution in [0.25, 0.3) is 21.9 Å². The first-order chi connectivity index (χ1) is 14.2. The molecule has 0 aliphatic carbocycles. The molecule has 0 radical (unpaired) electrons. The molecule has 4 nitrogen and oxygen atoms in total. The lowest BCUT2D eigenvalue weighted by atomic mass is 10.0. The third kappa shape index (κ3) is 4.22. The van der Waals surface area contributed by atoms with E-state index in [0.29, 0.717) is 17.7 Å². The van der Waals surface area contributed by atoms with Crippen molar-refractivity contribution >= 4 is 16.7 Å². The zero-order chi connectivity index (χ0) is 20.1. The van der Waals surface area contributed by atoms with Gasteiger partial charge in [-0.2, -0.15) is 0 Å². The van der Waals surface area contributed by atoms with Crippen LogP contribution in [0.4, 0.5) is 0 Å². The molecule has 0 bridgehead atoms. The van der Waals surface area contributed by atoms with Crippen LogP contribution >= 0.6 is 0 Å². The highest BCUT2D eigenvalue weighted by Gasteiger charge is 2.15. The number of carboxylic acids is 1. The van der Waals surface area contributed by atoms with Crippen LogP contribution in [0.15, 0.2) is 91.0 Å². The quantitative estimate of drug-likeness (QED) is 0.418. The number of carbonyl (C=O) groups is 1. The molecule has 4 aromatic carbocycles. The highest BCUT2D eigenvalue weighted by molar-refractivity contribution is 6.06. The molecule has 0 spiro atoms. The van der Waals surface area contributed by atoms with Crippen molar-refractivity contribution in [3.05, 3.63) is 96.6 Å². The standard InChI is InChI=1S/C25H20O4/c26-25(27)24-22-9-5-4-8-20(22)12-15-23(24)29-17-16-28-21-13-10-19(11-14-21)18-6-2-1-3-7-18/h1-15H,16-17H2,(H,26,27). The van der Waals surface area contributed by atoms with Gasteiger partial charge in [0.25, 0.3) is 0 Å². The first-order valence-corrected chi connectivity index (χ1v) is 9.38. The number of aromatic carboxylic acids is 1. The molecule has 0 amide bonds. The molecule has 1 N–H and O–H groups in total. The number of hydrogen-bond acceptors (Lipinski definition) is 3. The second-order valence-electron chi connectivity index (χ2n) is 6.55. The number of benzene rings is 4. The fourth-order valence-electron chi connectivity index (χ4n) is 3.28. The summed E-state index contributed by atoms with van der Waals surface area (Å²) in [6, 6.07) is 28.9. The van der Waals surface area contributed by atoms with Gasteiger partial charge in [-0.3, -0.25) is 0 Å². The second-order valence-corrected chi connectivity index (χ2v) is 6.55. The molecule has 4 rings (SSSR count). The third-order valence-corrected chi connectivity index (χ3v) is 4.68. The van der Waals surface area contributed by atoms with Gasteiger partial charge in [-0.25, -0.2) is 4.79 Å². The molecule has 0 heterocycles. The van der Waals surface area contributed by atoms with Gasteiger partial charge in [-0.1, -0.05) is 72.8 Å². The van der Waals surface area contributed by atoms with Gasteiger partial charge in [0, 0.05) is 0 Å². The van der Waals surface area contributed by atoms with Gasteiger partial charge in [0.05, 0.1) is 0 Å². The molecule has 144 valence electrons. The van der Waals surface area contributed by atoms with Gasteiger partial charge in [0.1, 0.15) is 30.3 Å². The molecular weight excluding hydrogens is 364 g/mol. The van der Waals surface area contributed by atoms with Crippen molar-refractivity contribution in [1.82, 2.24) is 0 Å². The lowest BCUT2D eigenvalue weighted by Gasteiger charge is -2.12. The lowest BCUT2D eigenvalue weighted by molar-refractivity contribution is 0.0693. The first kappa shape index (κ1) is 18.6. The smallest absolute Gasteiger partial charge is 0.340 e. The molecule has 0 aromatic heterocycles. The average molecular weight is 384 g/mol. The van der Waals surface area contributed by atoms with Gasteiger partial charge < -0.3 is 14.6 Å². The molecule has 4 heteroatoms. The molecular formula is C25H20O4. The van der Waals surface area contributed by atoms with E-state index in [4.69, 9.17) is 9.47 Å². The summed E-state index contributed by atoms with van der Waals surface area (Å²) >= 11 is 0. The summed E-state index contributed by atoms with van der Waals surface area (Å²) in [6.45, 7) is 0.565. The predicted molar refractivity (Wildman–Crippen MR) is 114 cm³/mol. The van der Waals surface area contributed by atoms with E-state index in [2.05, 4.69) is 12.1 Å². The zero-order valence-electron chi connectivity index (χ0n) is 15.7. The highest BCUT2D eigenvalue weighted by Crippen LogP contribution is 2.28. The van der Waals surface area contributed by atoms with Crippen molar-refractivity contribution < 1.29 is 19.4 Å². The van der Waals surface area contributed by atoms with Crippen molar-refractivity contribution in [2.45, 2.75) is 0 Å². The fraction of sp³-hybridized carbons (Fsp3) is 0.0800. The molecule has 0 saturated heterocycles. The largest absolute Gasteiger partial charge is 0.490 e. The van der Waals surface area contributed by atoms with Crippen LogP contribution in [-0.4, -0.2) is 24.3 Å². The maximum atomic E-state index is 11.7. The summed E-state index contributed by atoms with van der Waals surface area (Å²) in [4.78, 5) is 11.7. The number of fused-ring (bicyclic) bond motifs is 1. The lowest BCUT2D eigenvalue weighted by Crippen LogP contribution is -2.11. The van der Waals surface area contributed by atoms with E-state index in [9.17, 15) is 9.90 Å². The highest BCUT2D eigenvalue weighted by atomic mass is 16.5. The van der Waals surface area contributed by atoms with E-state index in [1.807, 2.05) is 66.7 Å². The van der Waals surface area contributed by atoms with Crippen molar-refractivity contribution in [2.75, 3.05) is 13.2 Å². The van der Waals surface area contributed by atoms with Gasteiger partial charge in [-0.15, -0.1) is 0 Å². The number of carboxylic acid groups (broad SMARTS) is 1. The van der Waals surface area contributed by atoms with Crippen LogP contribution in [0.2, 0.25) is 0 Å². The Morgan fingerprint density at radius 1 is 0.690 bits per heavy atom.